The van der Waals surface area contributed by atoms with Crippen LogP contribution in [0, 0.1) is 5.92 Å². The number of aromatic amines is 1. The molecule has 2 N–H and O–H groups in total. The van der Waals surface area contributed by atoms with E-state index in [-0.39, 0.29) is 5.91 Å². The number of H-pyrrole nitrogens is 1. The molecule has 0 spiro atoms. The monoisotopic (exact) mass is 300 g/mol. The molecular formula is C17H24N4O. The Kier molecular flexibility index (Phi) is 4.43. The number of nitrogens with zero attached hydrogens (tertiary/aromatic N) is 2. The lowest BCUT2D eigenvalue weighted by Gasteiger charge is -2.34. The fraction of sp³-hybridized carbons (Fsp3) is 0.529. The van der Waals surface area contributed by atoms with E-state index in [1.54, 1.807) is 0 Å². The number of benzene rings is 1. The highest BCUT2D eigenvalue weighted by atomic mass is 16.1. The molecule has 5 heteroatoms. The van der Waals surface area contributed by atoms with E-state index >= 15 is 0 Å². The highest BCUT2D eigenvalue weighted by Gasteiger charge is 2.21. The van der Waals surface area contributed by atoms with E-state index in [1.165, 1.54) is 12.8 Å². The summed E-state index contributed by atoms with van der Waals surface area (Å²) in [5.41, 5.74) is 1.38. The first-order chi connectivity index (χ1) is 10.6. The second kappa shape index (κ2) is 6.48. The van der Waals surface area contributed by atoms with E-state index in [9.17, 15) is 4.79 Å². The fourth-order valence-electron chi connectivity index (χ4n) is 3.06. The number of para-hydroxylation sites is 1. The molecule has 118 valence electrons. The van der Waals surface area contributed by atoms with Crippen molar-refractivity contribution in [1.29, 1.82) is 0 Å². The van der Waals surface area contributed by atoms with Gasteiger partial charge in [-0.25, -0.2) is 0 Å². The van der Waals surface area contributed by atoms with Gasteiger partial charge in [-0.05, 0) is 44.8 Å². The predicted octanol–water partition coefficient (Wildman–Crippen LogP) is 2.41. The Morgan fingerprint density at radius 2 is 2.14 bits per heavy atom. The molecule has 5 nitrogen and oxygen atoms in total. The molecule has 0 aliphatic carbocycles. The molecule has 22 heavy (non-hydrogen) atoms. The van der Waals surface area contributed by atoms with Crippen LogP contribution in [0.25, 0.3) is 10.9 Å². The van der Waals surface area contributed by atoms with E-state index in [0.717, 1.165) is 29.9 Å². The quantitative estimate of drug-likeness (QED) is 0.911. The Morgan fingerprint density at radius 3 is 2.91 bits per heavy atom. The molecule has 1 aromatic heterocycles. The van der Waals surface area contributed by atoms with Crippen molar-refractivity contribution in [2.24, 2.45) is 5.92 Å². The number of amides is 1. The molecule has 1 atom stereocenters. The average molecular weight is 300 g/mol. The number of hydrogen-bond donors (Lipinski definition) is 2. The zero-order valence-corrected chi connectivity index (χ0v) is 13.3. The van der Waals surface area contributed by atoms with Crippen molar-refractivity contribution in [3.05, 3.63) is 30.0 Å². The van der Waals surface area contributed by atoms with Crippen LogP contribution < -0.4 is 5.32 Å². The first kappa shape index (κ1) is 15.0. The molecule has 2 aromatic rings. The topological polar surface area (TPSA) is 61.0 Å². The summed E-state index contributed by atoms with van der Waals surface area (Å²) in [4.78, 5) is 14.8. The number of aromatic nitrogens is 2. The van der Waals surface area contributed by atoms with Crippen LogP contribution in [0.1, 0.15) is 37.2 Å². The Hall–Kier alpha value is -1.88. The van der Waals surface area contributed by atoms with Crippen LogP contribution >= 0.6 is 0 Å². The van der Waals surface area contributed by atoms with Gasteiger partial charge in [0.2, 0.25) is 0 Å². The van der Waals surface area contributed by atoms with Gasteiger partial charge in [0, 0.05) is 18.0 Å². The highest BCUT2D eigenvalue weighted by Crippen LogP contribution is 2.18. The lowest BCUT2D eigenvalue weighted by atomic mass is 9.98. The number of carbonyl (C=O) groups excluding carboxylic acids is 1. The minimum Gasteiger partial charge on any atom is -0.349 e. The van der Waals surface area contributed by atoms with Crippen LogP contribution in [0.3, 0.4) is 0 Å². The van der Waals surface area contributed by atoms with Crippen molar-refractivity contribution in [3.8, 4) is 0 Å². The van der Waals surface area contributed by atoms with Crippen molar-refractivity contribution in [1.82, 2.24) is 20.4 Å². The fourth-order valence-corrected chi connectivity index (χ4v) is 3.06. The largest absolute Gasteiger partial charge is 0.349 e. The number of piperidine rings is 1. The minimum atomic E-state index is -0.102. The maximum Gasteiger partial charge on any atom is 0.272 e. The first-order valence-electron chi connectivity index (χ1n) is 8.10. The van der Waals surface area contributed by atoms with Crippen LogP contribution in [0.2, 0.25) is 0 Å². The molecule has 0 radical (unpaired) electrons. The summed E-state index contributed by atoms with van der Waals surface area (Å²) in [6, 6.07) is 8.06. The predicted molar refractivity (Wildman–Crippen MR) is 87.9 cm³/mol. The Balaban J connectivity index is 1.58. The SMILES string of the molecule is CC1CCN([C@@H](C)CNC(=O)c2n[nH]c3ccccc23)CC1. The van der Waals surface area contributed by atoms with Gasteiger partial charge in [0.25, 0.3) is 5.91 Å². The molecule has 0 unspecified atom stereocenters. The molecule has 1 amide bonds. The van der Waals surface area contributed by atoms with E-state index < -0.39 is 0 Å². The molecule has 1 aliphatic heterocycles. The second-order valence-electron chi connectivity index (χ2n) is 6.40. The molecule has 3 rings (SSSR count). The van der Waals surface area contributed by atoms with Gasteiger partial charge in [-0.3, -0.25) is 14.8 Å². The minimum absolute atomic E-state index is 0.102. The summed E-state index contributed by atoms with van der Waals surface area (Å²) in [6.07, 6.45) is 2.50. The Bertz CT molecular complexity index is 643. The molecule has 1 saturated heterocycles. The molecule has 0 bridgehead atoms. The maximum absolute atomic E-state index is 12.3. The zero-order valence-electron chi connectivity index (χ0n) is 13.3. The lowest BCUT2D eigenvalue weighted by molar-refractivity contribution is 0.0918. The second-order valence-corrected chi connectivity index (χ2v) is 6.40. The van der Waals surface area contributed by atoms with Crippen LogP contribution in [0.15, 0.2) is 24.3 Å². The summed E-state index contributed by atoms with van der Waals surface area (Å²) in [7, 11) is 0. The Morgan fingerprint density at radius 1 is 1.41 bits per heavy atom. The first-order valence-corrected chi connectivity index (χ1v) is 8.10. The normalized spacial score (nSPS) is 18.5. The molecule has 1 aromatic carbocycles. The van der Waals surface area contributed by atoms with Crippen LogP contribution in [-0.4, -0.2) is 46.7 Å². The zero-order chi connectivity index (χ0) is 15.5. The smallest absolute Gasteiger partial charge is 0.272 e. The van der Waals surface area contributed by atoms with Gasteiger partial charge in [-0.15, -0.1) is 0 Å². The van der Waals surface area contributed by atoms with Crippen molar-refractivity contribution >= 4 is 16.8 Å². The molecule has 1 aliphatic rings. The summed E-state index contributed by atoms with van der Waals surface area (Å²) in [5.74, 6) is 0.725. The van der Waals surface area contributed by atoms with E-state index in [1.807, 2.05) is 24.3 Å². The molecule has 0 saturated carbocycles. The van der Waals surface area contributed by atoms with Crippen LogP contribution in [0.5, 0.6) is 0 Å². The van der Waals surface area contributed by atoms with Crippen LogP contribution in [-0.2, 0) is 0 Å². The summed E-state index contributed by atoms with van der Waals surface area (Å²) < 4.78 is 0. The van der Waals surface area contributed by atoms with Gasteiger partial charge >= 0.3 is 0 Å². The lowest BCUT2D eigenvalue weighted by Crippen LogP contribution is -2.45. The van der Waals surface area contributed by atoms with Gasteiger partial charge < -0.3 is 5.32 Å². The highest BCUT2D eigenvalue weighted by molar-refractivity contribution is 6.04. The summed E-state index contributed by atoms with van der Waals surface area (Å²) in [5, 5.41) is 10.9. The standard InChI is InChI=1S/C17H24N4O/c1-12-7-9-21(10-8-12)13(2)11-18-17(22)16-14-5-3-4-6-15(14)19-20-16/h3-6,12-13H,7-11H2,1-2H3,(H,18,22)(H,19,20)/t13-/m0/s1. The molecule has 1 fully saturated rings. The summed E-state index contributed by atoms with van der Waals surface area (Å²) >= 11 is 0. The number of nitrogens with one attached hydrogen (secondary N) is 2. The van der Waals surface area contributed by atoms with Gasteiger partial charge in [0.15, 0.2) is 5.69 Å². The third-order valence-corrected chi connectivity index (χ3v) is 4.69. The number of carbonyl (C=O) groups is 1. The van der Waals surface area contributed by atoms with Crippen molar-refractivity contribution in [3.63, 3.8) is 0 Å². The van der Waals surface area contributed by atoms with Gasteiger partial charge in [-0.2, -0.15) is 5.10 Å². The van der Waals surface area contributed by atoms with Crippen molar-refractivity contribution < 1.29 is 4.79 Å². The van der Waals surface area contributed by atoms with Crippen molar-refractivity contribution in [2.45, 2.75) is 32.7 Å². The summed E-state index contributed by atoms with van der Waals surface area (Å²) in [6.45, 7) is 7.41. The average Bonchev–Trinajstić information content (AvgIpc) is 2.97. The van der Waals surface area contributed by atoms with E-state index in [0.29, 0.717) is 18.3 Å². The van der Waals surface area contributed by atoms with Crippen molar-refractivity contribution in [2.75, 3.05) is 19.6 Å². The van der Waals surface area contributed by atoms with Gasteiger partial charge in [0.05, 0.1) is 5.52 Å². The number of hydrogen-bond acceptors (Lipinski definition) is 3. The molecule has 2 heterocycles. The number of rotatable bonds is 4. The third kappa shape index (κ3) is 3.14. The van der Waals surface area contributed by atoms with E-state index in [2.05, 4.69) is 34.3 Å². The third-order valence-electron chi connectivity index (χ3n) is 4.69. The molecular weight excluding hydrogens is 276 g/mol. The van der Waals surface area contributed by atoms with Crippen LogP contribution in [0.4, 0.5) is 0 Å². The van der Waals surface area contributed by atoms with E-state index in [4.69, 9.17) is 0 Å². The number of likely N-dealkylation sites (tertiary alicyclic amines) is 1. The number of fused-ring (bicyclic) bond motifs is 1. The Labute approximate surface area is 131 Å². The van der Waals surface area contributed by atoms with Gasteiger partial charge in [-0.1, -0.05) is 25.1 Å². The van der Waals surface area contributed by atoms with Gasteiger partial charge in [0.1, 0.15) is 0 Å². The maximum atomic E-state index is 12.3.